The van der Waals surface area contributed by atoms with E-state index in [2.05, 4.69) is 40.7 Å². The summed E-state index contributed by atoms with van der Waals surface area (Å²) in [5.74, 6) is 1.69. The van der Waals surface area contributed by atoms with Gasteiger partial charge < -0.3 is 0 Å². The van der Waals surface area contributed by atoms with E-state index in [-0.39, 0.29) is 17.1 Å². The summed E-state index contributed by atoms with van der Waals surface area (Å²) in [4.78, 5) is 0.470. The Balaban J connectivity index is 1.71. The van der Waals surface area contributed by atoms with E-state index >= 15 is 0 Å². The van der Waals surface area contributed by atoms with Crippen molar-refractivity contribution in [1.29, 1.82) is 0 Å². The van der Waals surface area contributed by atoms with E-state index in [0.717, 1.165) is 18.8 Å². The van der Waals surface area contributed by atoms with Crippen molar-refractivity contribution in [3.05, 3.63) is 42.0 Å². The van der Waals surface area contributed by atoms with Crippen molar-refractivity contribution in [1.82, 2.24) is 0 Å². The van der Waals surface area contributed by atoms with Gasteiger partial charge in [-0.05, 0) is 85.2 Å². The summed E-state index contributed by atoms with van der Waals surface area (Å²) in [6, 6.07) is 9.04. The van der Waals surface area contributed by atoms with Crippen LogP contribution in [0, 0.1) is 34.0 Å². The lowest BCUT2D eigenvalue weighted by atomic mass is 9.40. The van der Waals surface area contributed by atoms with Crippen LogP contribution in [0.4, 0.5) is 0 Å². The van der Waals surface area contributed by atoms with Crippen LogP contribution in [0.15, 0.2) is 46.9 Å². The van der Waals surface area contributed by atoms with Crippen molar-refractivity contribution < 1.29 is 8.42 Å². The molecule has 4 rings (SSSR count). The molecule has 0 heterocycles. The first-order chi connectivity index (χ1) is 13.5. The van der Waals surface area contributed by atoms with Crippen molar-refractivity contribution in [2.45, 2.75) is 78.0 Å². The molecule has 3 aliphatic rings. The SMILES string of the molecule is CC1=CC[C@H]2[C@@](C)(CC[C@H]3C(C)(C)CCC[C@]23C)[C@H]1CS(=O)(=O)c1ccccc1. The largest absolute Gasteiger partial charge is 0.224 e. The van der Waals surface area contributed by atoms with Gasteiger partial charge in [-0.25, -0.2) is 8.42 Å². The van der Waals surface area contributed by atoms with E-state index in [1.54, 1.807) is 12.1 Å². The zero-order chi connectivity index (χ0) is 21.1. The van der Waals surface area contributed by atoms with E-state index in [9.17, 15) is 8.42 Å². The summed E-state index contributed by atoms with van der Waals surface area (Å²) < 4.78 is 26.6. The molecule has 3 heteroatoms. The quantitative estimate of drug-likeness (QED) is 0.517. The van der Waals surface area contributed by atoms with E-state index in [4.69, 9.17) is 0 Å². The molecule has 0 bridgehead atoms. The predicted molar refractivity (Wildman–Crippen MR) is 120 cm³/mol. The van der Waals surface area contributed by atoms with E-state index < -0.39 is 9.84 Å². The number of rotatable bonds is 3. The van der Waals surface area contributed by atoms with Crippen molar-refractivity contribution in [3.63, 3.8) is 0 Å². The standard InChI is InChI=1S/C26H38O2S/c1-19-12-13-23-25(4,17-14-22-24(2,3)15-9-16-26(22,23)5)21(19)18-29(27,28)20-10-7-6-8-11-20/h6-8,10-12,21-23H,9,13-18H2,1-5H3/t21-,22-,23-,25-,26-/m0/s1. The van der Waals surface area contributed by atoms with Gasteiger partial charge in [-0.15, -0.1) is 0 Å². The van der Waals surface area contributed by atoms with Crippen LogP contribution in [0.2, 0.25) is 0 Å². The third kappa shape index (κ3) is 3.32. The molecule has 0 spiro atoms. The smallest absolute Gasteiger partial charge is 0.178 e. The van der Waals surface area contributed by atoms with Crippen molar-refractivity contribution >= 4 is 9.84 Å². The third-order valence-corrected chi connectivity index (χ3v) is 11.1. The normalized spacial score (nSPS) is 39.2. The van der Waals surface area contributed by atoms with E-state index in [0.29, 0.717) is 21.6 Å². The zero-order valence-corrected chi connectivity index (χ0v) is 19.7. The van der Waals surface area contributed by atoms with Crippen LogP contribution < -0.4 is 0 Å². The second kappa shape index (κ2) is 6.97. The molecule has 2 fully saturated rings. The highest BCUT2D eigenvalue weighted by Gasteiger charge is 2.60. The van der Waals surface area contributed by atoms with Crippen LogP contribution in [0.5, 0.6) is 0 Å². The van der Waals surface area contributed by atoms with E-state index in [1.807, 2.05) is 18.2 Å². The Hall–Kier alpha value is -1.09. The zero-order valence-electron chi connectivity index (χ0n) is 18.9. The lowest BCUT2D eigenvalue weighted by Gasteiger charge is -2.65. The molecule has 1 aromatic carbocycles. The second-order valence-corrected chi connectivity index (χ2v) is 13.4. The maximum Gasteiger partial charge on any atom is 0.178 e. The van der Waals surface area contributed by atoms with Crippen LogP contribution in [0.25, 0.3) is 0 Å². The van der Waals surface area contributed by atoms with Crippen molar-refractivity contribution in [2.24, 2.45) is 34.0 Å². The molecule has 0 radical (unpaired) electrons. The third-order valence-electron chi connectivity index (χ3n) is 9.35. The van der Waals surface area contributed by atoms with Gasteiger partial charge in [0.25, 0.3) is 0 Å². The number of hydrogen-bond acceptors (Lipinski definition) is 2. The predicted octanol–water partition coefficient (Wildman–Crippen LogP) is 6.68. The van der Waals surface area contributed by atoms with Crippen molar-refractivity contribution in [2.75, 3.05) is 5.75 Å². The van der Waals surface area contributed by atoms with Crippen molar-refractivity contribution in [3.8, 4) is 0 Å². The molecule has 2 saturated carbocycles. The van der Waals surface area contributed by atoms with Gasteiger partial charge in [0, 0.05) is 0 Å². The molecule has 0 aromatic heterocycles. The first kappa shape index (κ1) is 21.2. The first-order valence-corrected chi connectivity index (χ1v) is 13.1. The molecule has 0 amide bonds. The summed E-state index contributed by atoms with van der Waals surface area (Å²) in [5, 5.41) is 0. The summed E-state index contributed by atoms with van der Waals surface area (Å²) >= 11 is 0. The molecule has 0 aliphatic heterocycles. The lowest BCUT2D eigenvalue weighted by Crippen LogP contribution is -2.58. The fourth-order valence-electron chi connectivity index (χ4n) is 7.87. The topological polar surface area (TPSA) is 34.1 Å². The summed E-state index contributed by atoms with van der Waals surface area (Å²) in [6.45, 7) is 12.1. The number of sulfone groups is 1. The van der Waals surface area contributed by atoms with Crippen LogP contribution >= 0.6 is 0 Å². The van der Waals surface area contributed by atoms with Gasteiger partial charge in [-0.1, -0.05) is 64.0 Å². The maximum atomic E-state index is 13.3. The Labute approximate surface area is 178 Å². The first-order valence-electron chi connectivity index (χ1n) is 11.5. The van der Waals surface area contributed by atoms with Gasteiger partial charge in [-0.3, -0.25) is 0 Å². The lowest BCUT2D eigenvalue weighted by molar-refractivity contribution is -0.142. The molecular formula is C26H38O2S. The molecular weight excluding hydrogens is 376 g/mol. The average molecular weight is 415 g/mol. The highest BCUT2D eigenvalue weighted by Crippen LogP contribution is 2.68. The van der Waals surface area contributed by atoms with Gasteiger partial charge in [0.15, 0.2) is 9.84 Å². The Morgan fingerprint density at radius 2 is 1.62 bits per heavy atom. The minimum absolute atomic E-state index is 0.0688. The van der Waals surface area contributed by atoms with Gasteiger partial charge >= 0.3 is 0 Å². The van der Waals surface area contributed by atoms with Gasteiger partial charge in [0.1, 0.15) is 0 Å². The van der Waals surface area contributed by atoms with Gasteiger partial charge in [-0.2, -0.15) is 0 Å². The minimum Gasteiger partial charge on any atom is -0.224 e. The van der Waals surface area contributed by atoms with Crippen LogP contribution in [0.1, 0.15) is 73.1 Å². The highest BCUT2D eigenvalue weighted by molar-refractivity contribution is 7.91. The Bertz CT molecular complexity index is 898. The molecule has 160 valence electrons. The molecule has 1 aromatic rings. The summed E-state index contributed by atoms with van der Waals surface area (Å²) in [7, 11) is -3.29. The second-order valence-electron chi connectivity index (χ2n) is 11.3. The monoisotopic (exact) mass is 414 g/mol. The Morgan fingerprint density at radius 1 is 0.931 bits per heavy atom. The van der Waals surface area contributed by atoms with Crippen LogP contribution in [-0.4, -0.2) is 14.2 Å². The van der Waals surface area contributed by atoms with E-state index in [1.165, 1.54) is 31.3 Å². The fraction of sp³-hybridized carbons (Fsp3) is 0.692. The van der Waals surface area contributed by atoms with Gasteiger partial charge in [0.2, 0.25) is 0 Å². The Kier molecular flexibility index (Phi) is 5.08. The average Bonchev–Trinajstić information content (AvgIpc) is 2.64. The molecule has 2 nitrogen and oxygen atoms in total. The Morgan fingerprint density at radius 3 is 2.31 bits per heavy atom. The van der Waals surface area contributed by atoms with Crippen LogP contribution in [-0.2, 0) is 9.84 Å². The van der Waals surface area contributed by atoms with Crippen LogP contribution in [0.3, 0.4) is 0 Å². The van der Waals surface area contributed by atoms with Gasteiger partial charge in [0.05, 0.1) is 10.6 Å². The minimum atomic E-state index is -3.29. The highest BCUT2D eigenvalue weighted by atomic mass is 32.2. The molecule has 5 atom stereocenters. The fourth-order valence-corrected chi connectivity index (χ4v) is 9.72. The summed E-state index contributed by atoms with van der Waals surface area (Å²) in [5.41, 5.74) is 2.08. The number of hydrogen-bond donors (Lipinski definition) is 0. The maximum absolute atomic E-state index is 13.3. The number of fused-ring (bicyclic) bond motifs is 3. The number of benzene rings is 1. The molecule has 0 saturated heterocycles. The molecule has 0 unspecified atom stereocenters. The number of allylic oxidation sites excluding steroid dienone is 2. The summed E-state index contributed by atoms with van der Waals surface area (Å²) in [6.07, 6.45) is 9.83. The molecule has 3 aliphatic carbocycles. The molecule has 0 N–H and O–H groups in total. The molecule has 29 heavy (non-hydrogen) atoms.